The summed E-state index contributed by atoms with van der Waals surface area (Å²) in [5.41, 5.74) is 0.963. The molecule has 0 spiro atoms. The van der Waals surface area contributed by atoms with Gasteiger partial charge >= 0.3 is 0 Å². The molecular formula is C9H15N3O. The van der Waals surface area contributed by atoms with Crippen molar-refractivity contribution in [2.45, 2.75) is 13.5 Å². The van der Waals surface area contributed by atoms with Gasteiger partial charge in [0.2, 0.25) is 5.89 Å². The van der Waals surface area contributed by atoms with Gasteiger partial charge in [0, 0.05) is 26.2 Å². The van der Waals surface area contributed by atoms with Crippen molar-refractivity contribution in [3.8, 4) is 0 Å². The highest BCUT2D eigenvalue weighted by molar-refractivity contribution is 4.93. The highest BCUT2D eigenvalue weighted by atomic mass is 16.3. The maximum Gasteiger partial charge on any atom is 0.208 e. The summed E-state index contributed by atoms with van der Waals surface area (Å²) >= 11 is 0. The maximum absolute atomic E-state index is 5.29. The molecule has 2 rings (SSSR count). The third-order valence-corrected chi connectivity index (χ3v) is 2.24. The molecule has 1 aromatic rings. The van der Waals surface area contributed by atoms with E-state index in [0.717, 1.165) is 44.3 Å². The lowest BCUT2D eigenvalue weighted by atomic mass is 10.3. The van der Waals surface area contributed by atoms with Crippen LogP contribution in [0.2, 0.25) is 0 Å². The summed E-state index contributed by atoms with van der Waals surface area (Å²) in [6, 6.07) is 0. The summed E-state index contributed by atoms with van der Waals surface area (Å²) in [4.78, 5) is 6.63. The van der Waals surface area contributed by atoms with Crippen molar-refractivity contribution in [1.29, 1.82) is 0 Å². The zero-order valence-electron chi connectivity index (χ0n) is 7.92. The number of aryl methyl sites for hydroxylation is 1. The lowest BCUT2D eigenvalue weighted by Gasteiger charge is -2.25. The molecule has 4 heteroatoms. The van der Waals surface area contributed by atoms with Crippen LogP contribution in [0.5, 0.6) is 0 Å². The van der Waals surface area contributed by atoms with Crippen LogP contribution in [0.4, 0.5) is 0 Å². The van der Waals surface area contributed by atoms with Crippen molar-refractivity contribution in [3.63, 3.8) is 0 Å². The molecule has 0 bridgehead atoms. The van der Waals surface area contributed by atoms with E-state index >= 15 is 0 Å². The quantitative estimate of drug-likeness (QED) is 0.716. The smallest absolute Gasteiger partial charge is 0.208 e. The second-order valence-electron chi connectivity index (χ2n) is 3.41. The number of rotatable bonds is 2. The van der Waals surface area contributed by atoms with Crippen LogP contribution in [0, 0.1) is 6.92 Å². The lowest BCUT2D eigenvalue weighted by Crippen LogP contribution is -2.42. The second kappa shape index (κ2) is 3.89. The molecule has 0 radical (unpaired) electrons. The van der Waals surface area contributed by atoms with Gasteiger partial charge in [-0.15, -0.1) is 0 Å². The Kier molecular flexibility index (Phi) is 2.61. The van der Waals surface area contributed by atoms with Crippen LogP contribution < -0.4 is 5.32 Å². The van der Waals surface area contributed by atoms with E-state index in [0.29, 0.717) is 0 Å². The maximum atomic E-state index is 5.29. The molecule has 1 aliphatic heterocycles. The topological polar surface area (TPSA) is 41.3 Å². The van der Waals surface area contributed by atoms with Gasteiger partial charge in [-0.3, -0.25) is 4.90 Å². The normalized spacial score (nSPS) is 19.2. The second-order valence-corrected chi connectivity index (χ2v) is 3.41. The molecule has 72 valence electrons. The van der Waals surface area contributed by atoms with Gasteiger partial charge in [0.05, 0.1) is 12.2 Å². The molecule has 0 unspecified atom stereocenters. The Hall–Kier alpha value is -0.870. The van der Waals surface area contributed by atoms with Gasteiger partial charge < -0.3 is 9.73 Å². The Balaban J connectivity index is 1.89. The zero-order chi connectivity index (χ0) is 9.10. The molecule has 0 amide bonds. The van der Waals surface area contributed by atoms with Crippen LogP contribution >= 0.6 is 0 Å². The molecule has 2 heterocycles. The first kappa shape index (κ1) is 8.72. The van der Waals surface area contributed by atoms with Gasteiger partial charge in [0.1, 0.15) is 6.26 Å². The summed E-state index contributed by atoms with van der Waals surface area (Å²) in [7, 11) is 0. The molecular weight excluding hydrogens is 166 g/mol. The first-order valence-electron chi connectivity index (χ1n) is 4.69. The Bertz CT molecular complexity index is 266. The minimum atomic E-state index is 0.833. The minimum Gasteiger partial charge on any atom is -0.447 e. The van der Waals surface area contributed by atoms with Gasteiger partial charge in [-0.25, -0.2) is 4.98 Å². The zero-order valence-corrected chi connectivity index (χ0v) is 7.92. The van der Waals surface area contributed by atoms with E-state index in [2.05, 4.69) is 15.2 Å². The fraction of sp³-hybridized carbons (Fsp3) is 0.667. The van der Waals surface area contributed by atoms with Crippen LogP contribution in [0.15, 0.2) is 10.7 Å². The van der Waals surface area contributed by atoms with E-state index < -0.39 is 0 Å². The van der Waals surface area contributed by atoms with Gasteiger partial charge in [-0.05, 0) is 6.92 Å². The Morgan fingerprint density at radius 1 is 1.54 bits per heavy atom. The average molecular weight is 181 g/mol. The van der Waals surface area contributed by atoms with Crippen molar-refractivity contribution in [1.82, 2.24) is 15.2 Å². The summed E-state index contributed by atoms with van der Waals surface area (Å²) < 4.78 is 5.29. The van der Waals surface area contributed by atoms with E-state index in [1.807, 2.05) is 6.92 Å². The van der Waals surface area contributed by atoms with Gasteiger partial charge in [0.25, 0.3) is 0 Å². The Morgan fingerprint density at radius 3 is 2.92 bits per heavy atom. The number of oxazole rings is 1. The standard InChI is InChI=1S/C9H15N3O/c1-8-7-13-9(11-8)6-12-4-2-10-3-5-12/h7,10H,2-6H2,1H3. The van der Waals surface area contributed by atoms with Crippen LogP contribution in [0.1, 0.15) is 11.6 Å². The molecule has 1 aliphatic rings. The van der Waals surface area contributed by atoms with Crippen LogP contribution in [-0.4, -0.2) is 36.1 Å². The molecule has 1 fully saturated rings. The summed E-state index contributed by atoms with van der Waals surface area (Å²) in [5, 5.41) is 3.31. The molecule has 0 atom stereocenters. The first-order valence-corrected chi connectivity index (χ1v) is 4.69. The van der Waals surface area contributed by atoms with Crippen LogP contribution in [-0.2, 0) is 6.54 Å². The van der Waals surface area contributed by atoms with E-state index in [-0.39, 0.29) is 0 Å². The van der Waals surface area contributed by atoms with Crippen LogP contribution in [0.3, 0.4) is 0 Å². The van der Waals surface area contributed by atoms with E-state index in [1.54, 1.807) is 6.26 Å². The summed E-state index contributed by atoms with van der Waals surface area (Å²) in [5.74, 6) is 0.833. The first-order chi connectivity index (χ1) is 6.34. The fourth-order valence-corrected chi connectivity index (χ4v) is 1.54. The van der Waals surface area contributed by atoms with E-state index in [1.165, 1.54) is 0 Å². The Morgan fingerprint density at radius 2 is 2.31 bits per heavy atom. The predicted octanol–water partition coefficient (Wildman–Crippen LogP) is 0.388. The van der Waals surface area contributed by atoms with Crippen molar-refractivity contribution < 1.29 is 4.42 Å². The molecule has 13 heavy (non-hydrogen) atoms. The monoisotopic (exact) mass is 181 g/mol. The molecule has 1 saturated heterocycles. The SMILES string of the molecule is Cc1coc(CN2CCNCC2)n1. The van der Waals surface area contributed by atoms with E-state index in [4.69, 9.17) is 4.42 Å². The molecule has 1 N–H and O–H groups in total. The number of nitrogens with zero attached hydrogens (tertiary/aromatic N) is 2. The van der Waals surface area contributed by atoms with E-state index in [9.17, 15) is 0 Å². The van der Waals surface area contributed by atoms with Crippen molar-refractivity contribution in [2.24, 2.45) is 0 Å². The van der Waals surface area contributed by atoms with Gasteiger partial charge in [0.15, 0.2) is 0 Å². The fourth-order valence-electron chi connectivity index (χ4n) is 1.54. The highest BCUT2D eigenvalue weighted by Crippen LogP contribution is 2.05. The molecule has 4 nitrogen and oxygen atoms in total. The van der Waals surface area contributed by atoms with Crippen molar-refractivity contribution >= 4 is 0 Å². The molecule has 1 aromatic heterocycles. The predicted molar refractivity (Wildman–Crippen MR) is 49.4 cm³/mol. The Labute approximate surface area is 77.9 Å². The average Bonchev–Trinajstić information content (AvgIpc) is 2.53. The van der Waals surface area contributed by atoms with Gasteiger partial charge in [-0.2, -0.15) is 0 Å². The van der Waals surface area contributed by atoms with Crippen LogP contribution in [0.25, 0.3) is 0 Å². The van der Waals surface area contributed by atoms with Gasteiger partial charge in [-0.1, -0.05) is 0 Å². The number of piperazine rings is 1. The number of aromatic nitrogens is 1. The number of hydrogen-bond donors (Lipinski definition) is 1. The number of nitrogens with one attached hydrogen (secondary N) is 1. The molecule has 0 saturated carbocycles. The number of hydrogen-bond acceptors (Lipinski definition) is 4. The van der Waals surface area contributed by atoms with Crippen molar-refractivity contribution in [2.75, 3.05) is 26.2 Å². The lowest BCUT2D eigenvalue weighted by molar-refractivity contribution is 0.212. The summed E-state index contributed by atoms with van der Waals surface area (Å²) in [6.07, 6.45) is 1.71. The molecule has 0 aliphatic carbocycles. The minimum absolute atomic E-state index is 0.833. The highest BCUT2D eigenvalue weighted by Gasteiger charge is 2.12. The summed E-state index contributed by atoms with van der Waals surface area (Å²) in [6.45, 7) is 7.10. The third-order valence-electron chi connectivity index (χ3n) is 2.24. The molecule has 0 aromatic carbocycles. The third kappa shape index (κ3) is 2.29. The van der Waals surface area contributed by atoms with Crippen molar-refractivity contribution in [3.05, 3.63) is 17.8 Å². The largest absolute Gasteiger partial charge is 0.447 e.